The second kappa shape index (κ2) is 7.45. The highest BCUT2D eigenvalue weighted by Gasteiger charge is 2.23. The molecule has 0 fully saturated rings. The predicted molar refractivity (Wildman–Crippen MR) is 102 cm³/mol. The third-order valence-corrected chi connectivity index (χ3v) is 4.50. The highest BCUT2D eigenvalue weighted by molar-refractivity contribution is 7.99. The van der Waals surface area contributed by atoms with E-state index in [-0.39, 0.29) is 0 Å². The van der Waals surface area contributed by atoms with Crippen LogP contribution in [0.5, 0.6) is 5.88 Å². The van der Waals surface area contributed by atoms with Gasteiger partial charge in [-0.05, 0) is 30.4 Å². The van der Waals surface area contributed by atoms with Crippen LogP contribution >= 0.6 is 11.8 Å². The molecule has 1 unspecified atom stereocenters. The number of benzene rings is 1. The molecule has 1 atom stereocenters. The van der Waals surface area contributed by atoms with Gasteiger partial charge in [-0.2, -0.15) is 4.98 Å². The molecule has 0 aliphatic carbocycles. The first-order valence-electron chi connectivity index (χ1n) is 8.06. The summed E-state index contributed by atoms with van der Waals surface area (Å²) in [7, 11) is 0. The van der Waals surface area contributed by atoms with Crippen LogP contribution in [0.2, 0.25) is 0 Å². The van der Waals surface area contributed by atoms with Gasteiger partial charge < -0.3 is 14.5 Å². The van der Waals surface area contributed by atoms with Crippen molar-refractivity contribution >= 4 is 23.5 Å². The molecule has 0 radical (unpaired) electrons. The summed E-state index contributed by atoms with van der Waals surface area (Å²) in [5.74, 6) is 1.89. The molecule has 1 aliphatic rings. The van der Waals surface area contributed by atoms with Crippen molar-refractivity contribution in [2.24, 2.45) is 0 Å². The van der Waals surface area contributed by atoms with Gasteiger partial charge in [0, 0.05) is 17.0 Å². The van der Waals surface area contributed by atoms with Crippen molar-refractivity contribution in [3.63, 3.8) is 0 Å². The fourth-order valence-electron chi connectivity index (χ4n) is 2.52. The van der Waals surface area contributed by atoms with Crippen LogP contribution in [-0.4, -0.2) is 27.2 Å². The lowest BCUT2D eigenvalue weighted by Crippen LogP contribution is -2.23. The Morgan fingerprint density at radius 2 is 2.12 bits per heavy atom. The normalized spacial score (nSPS) is 15.5. The van der Waals surface area contributed by atoms with Gasteiger partial charge in [0.05, 0.1) is 6.26 Å². The first-order valence-corrected chi connectivity index (χ1v) is 9.05. The molecule has 130 valence electrons. The van der Waals surface area contributed by atoms with Crippen LogP contribution in [-0.2, 0) is 0 Å². The summed E-state index contributed by atoms with van der Waals surface area (Å²) in [6.45, 7) is 3.71. The Morgan fingerprint density at radius 3 is 2.96 bits per heavy atom. The number of anilines is 1. The Balaban J connectivity index is 1.71. The van der Waals surface area contributed by atoms with Crippen molar-refractivity contribution in [3.8, 4) is 17.1 Å². The minimum Gasteiger partial charge on any atom is -0.465 e. The van der Waals surface area contributed by atoms with Gasteiger partial charge in [0.1, 0.15) is 5.76 Å². The molecule has 1 aromatic carbocycles. The van der Waals surface area contributed by atoms with Crippen LogP contribution in [0.4, 0.5) is 5.69 Å². The Labute approximate surface area is 155 Å². The summed E-state index contributed by atoms with van der Waals surface area (Å²) < 4.78 is 11.4. The lowest BCUT2D eigenvalue weighted by atomic mass is 10.1. The van der Waals surface area contributed by atoms with Gasteiger partial charge in [0.15, 0.2) is 11.9 Å². The third-order valence-electron chi connectivity index (χ3n) is 3.66. The minimum absolute atomic E-state index is 0.420. The van der Waals surface area contributed by atoms with Crippen molar-refractivity contribution in [3.05, 3.63) is 67.2 Å². The molecule has 26 heavy (non-hydrogen) atoms. The van der Waals surface area contributed by atoms with E-state index < -0.39 is 6.23 Å². The molecule has 2 aromatic heterocycles. The zero-order valence-electron chi connectivity index (χ0n) is 13.8. The number of aromatic nitrogens is 3. The number of fused-ring (bicyclic) bond motifs is 3. The zero-order valence-corrected chi connectivity index (χ0v) is 14.6. The highest BCUT2D eigenvalue weighted by Crippen LogP contribution is 2.36. The van der Waals surface area contributed by atoms with Gasteiger partial charge >= 0.3 is 0 Å². The van der Waals surface area contributed by atoms with Gasteiger partial charge in [-0.25, -0.2) is 0 Å². The number of para-hydroxylation sites is 1. The lowest BCUT2D eigenvalue weighted by Gasteiger charge is -2.15. The van der Waals surface area contributed by atoms with Gasteiger partial charge in [0.2, 0.25) is 11.0 Å². The van der Waals surface area contributed by atoms with E-state index >= 15 is 0 Å². The molecule has 7 heteroatoms. The van der Waals surface area contributed by atoms with E-state index in [1.807, 2.05) is 48.6 Å². The standard InChI is InChI=1S/C19H16N4O2S/c1-2-12-26-19-21-18-17(22-23-19)14-7-3-4-8-15(14)20-16(25-18)10-9-13-6-5-11-24-13/h2-11,16,20H,1,12H2/b10-9+. The molecular formula is C19H16N4O2S. The van der Waals surface area contributed by atoms with Gasteiger partial charge in [-0.3, -0.25) is 0 Å². The summed E-state index contributed by atoms with van der Waals surface area (Å²) in [5.41, 5.74) is 2.42. The van der Waals surface area contributed by atoms with Gasteiger partial charge in [-0.1, -0.05) is 36.0 Å². The lowest BCUT2D eigenvalue weighted by molar-refractivity contribution is 0.266. The molecule has 1 aliphatic heterocycles. The number of rotatable bonds is 5. The Hall–Kier alpha value is -3.06. The van der Waals surface area contributed by atoms with Crippen molar-refractivity contribution in [2.45, 2.75) is 11.4 Å². The Morgan fingerprint density at radius 1 is 1.19 bits per heavy atom. The molecule has 6 nitrogen and oxygen atoms in total. The van der Waals surface area contributed by atoms with Crippen LogP contribution in [0.3, 0.4) is 0 Å². The molecule has 0 bridgehead atoms. The maximum Gasteiger partial charge on any atom is 0.247 e. The Bertz CT molecular complexity index is 940. The maximum absolute atomic E-state index is 6.07. The van der Waals surface area contributed by atoms with Crippen LogP contribution < -0.4 is 10.1 Å². The summed E-state index contributed by atoms with van der Waals surface area (Å²) in [6, 6.07) is 11.6. The van der Waals surface area contributed by atoms with Crippen molar-refractivity contribution < 1.29 is 9.15 Å². The van der Waals surface area contributed by atoms with E-state index in [1.165, 1.54) is 11.8 Å². The van der Waals surface area contributed by atoms with Gasteiger partial charge in [-0.15, -0.1) is 16.8 Å². The molecule has 0 spiro atoms. The quantitative estimate of drug-likeness (QED) is 0.536. The fourth-order valence-corrected chi connectivity index (χ4v) is 3.03. The number of thioether (sulfide) groups is 1. The van der Waals surface area contributed by atoms with Gasteiger partial charge in [0.25, 0.3) is 0 Å². The second-order valence-corrected chi connectivity index (χ2v) is 6.44. The zero-order chi connectivity index (χ0) is 17.8. The maximum atomic E-state index is 6.07. The molecule has 3 aromatic rings. The van der Waals surface area contributed by atoms with Crippen molar-refractivity contribution in [1.82, 2.24) is 15.2 Å². The number of nitrogens with zero attached hydrogens (tertiary/aromatic N) is 3. The monoisotopic (exact) mass is 364 g/mol. The number of ether oxygens (including phenoxy) is 1. The molecule has 4 rings (SSSR count). The van der Waals surface area contributed by atoms with Crippen molar-refractivity contribution in [2.75, 3.05) is 11.1 Å². The van der Waals surface area contributed by atoms with E-state index in [2.05, 4.69) is 27.1 Å². The third kappa shape index (κ3) is 3.48. The first kappa shape index (κ1) is 16.4. The van der Waals surface area contributed by atoms with E-state index in [1.54, 1.807) is 12.3 Å². The summed E-state index contributed by atoms with van der Waals surface area (Å²) in [4.78, 5) is 4.53. The van der Waals surface area contributed by atoms with Crippen LogP contribution in [0.1, 0.15) is 5.76 Å². The molecule has 0 saturated carbocycles. The minimum atomic E-state index is -0.420. The number of nitrogens with one attached hydrogen (secondary N) is 1. The Kier molecular flexibility index (Phi) is 4.70. The largest absolute Gasteiger partial charge is 0.465 e. The average Bonchev–Trinajstić information content (AvgIpc) is 3.13. The summed E-state index contributed by atoms with van der Waals surface area (Å²) >= 11 is 1.46. The average molecular weight is 364 g/mol. The number of hydrogen-bond acceptors (Lipinski definition) is 7. The van der Waals surface area contributed by atoms with Crippen LogP contribution in [0.15, 0.2) is 71.0 Å². The van der Waals surface area contributed by atoms with E-state index in [0.29, 0.717) is 22.5 Å². The predicted octanol–water partition coefficient (Wildman–Crippen LogP) is 4.25. The van der Waals surface area contributed by atoms with E-state index in [4.69, 9.17) is 9.15 Å². The molecule has 0 saturated heterocycles. The first-order chi connectivity index (χ1) is 12.8. The summed E-state index contributed by atoms with van der Waals surface area (Å²) in [5, 5.41) is 12.4. The number of hydrogen-bond donors (Lipinski definition) is 1. The molecule has 3 heterocycles. The van der Waals surface area contributed by atoms with E-state index in [9.17, 15) is 0 Å². The second-order valence-electron chi connectivity index (χ2n) is 5.45. The van der Waals surface area contributed by atoms with Crippen LogP contribution in [0, 0.1) is 0 Å². The van der Waals surface area contributed by atoms with Crippen LogP contribution in [0.25, 0.3) is 17.3 Å². The highest BCUT2D eigenvalue weighted by atomic mass is 32.2. The fraction of sp³-hybridized carbons (Fsp3) is 0.105. The number of furan rings is 1. The summed E-state index contributed by atoms with van der Waals surface area (Å²) in [6.07, 6.45) is 6.74. The molecule has 1 N–H and O–H groups in total. The molecule has 0 amide bonds. The topological polar surface area (TPSA) is 73.1 Å². The van der Waals surface area contributed by atoms with E-state index in [0.717, 1.165) is 17.0 Å². The smallest absolute Gasteiger partial charge is 0.247 e. The molecular weight excluding hydrogens is 348 g/mol. The van der Waals surface area contributed by atoms with Crippen molar-refractivity contribution in [1.29, 1.82) is 0 Å². The SMILES string of the molecule is C=CCSc1nnc2c(n1)OC(/C=C/c1ccco1)Nc1ccccc1-2.